The van der Waals surface area contributed by atoms with Gasteiger partial charge in [-0.15, -0.1) is 0 Å². The fourth-order valence-electron chi connectivity index (χ4n) is 9.29. The average Bonchev–Trinajstić information content (AvgIpc) is 3.97. The van der Waals surface area contributed by atoms with Crippen LogP contribution < -0.4 is 10.6 Å². The zero-order valence-electron chi connectivity index (χ0n) is 38.9. The van der Waals surface area contributed by atoms with Crippen molar-refractivity contribution in [3.8, 4) is 0 Å². The molecule has 6 amide bonds. The highest BCUT2D eigenvalue weighted by atomic mass is 16.6. The van der Waals surface area contributed by atoms with Crippen molar-refractivity contribution in [3.05, 3.63) is 71.8 Å². The van der Waals surface area contributed by atoms with Crippen LogP contribution in [0.1, 0.15) is 116 Å². The molecule has 1 aliphatic carbocycles. The largest absolute Gasteiger partial charge is 0.460 e. The standard InChI is InChI=1S/C49H70N6O9/c1-34(2)41(45(60)52(6)39(32-40(56)64-48(3,4)5)44(59)54-29-17-10-18-30-54)53(7)46(61)49(27-15-16-28-49)51-42(57)38-24-19-31-55(38)43(58)37(26-25-35-20-11-8-12-21-35)50-47(62)63-33-36-22-13-9-14-23-36/h8-9,11-14,20-23,34,37-39,41H,10,15-19,24-33H2,1-7H3,(H,50,62)(H,51,57)/t37-,38-,39-,41-/m0/s1. The zero-order valence-corrected chi connectivity index (χ0v) is 38.9. The number of nitrogens with one attached hydrogen (secondary N) is 2. The Kier molecular flexibility index (Phi) is 17.4. The van der Waals surface area contributed by atoms with Gasteiger partial charge in [0.25, 0.3) is 0 Å². The Morgan fingerprint density at radius 3 is 1.98 bits per heavy atom. The summed E-state index contributed by atoms with van der Waals surface area (Å²) in [4.78, 5) is 105. The quantitative estimate of drug-likeness (QED) is 0.198. The van der Waals surface area contributed by atoms with E-state index >= 15 is 0 Å². The van der Waals surface area contributed by atoms with Crippen LogP contribution in [0.25, 0.3) is 0 Å². The summed E-state index contributed by atoms with van der Waals surface area (Å²) >= 11 is 0. The molecule has 3 fully saturated rings. The Morgan fingerprint density at radius 2 is 1.39 bits per heavy atom. The van der Waals surface area contributed by atoms with Crippen molar-refractivity contribution in [2.75, 3.05) is 33.7 Å². The highest BCUT2D eigenvalue weighted by Gasteiger charge is 2.50. The van der Waals surface area contributed by atoms with E-state index in [9.17, 15) is 33.6 Å². The summed E-state index contributed by atoms with van der Waals surface area (Å²) in [6, 6.07) is 14.8. The first kappa shape index (κ1) is 49.5. The van der Waals surface area contributed by atoms with Gasteiger partial charge in [-0.1, -0.05) is 87.4 Å². The van der Waals surface area contributed by atoms with Gasteiger partial charge in [0, 0.05) is 33.7 Å². The van der Waals surface area contributed by atoms with Gasteiger partial charge in [-0.2, -0.15) is 0 Å². The lowest BCUT2D eigenvalue weighted by atomic mass is 9.91. The Morgan fingerprint density at radius 1 is 0.781 bits per heavy atom. The first-order valence-corrected chi connectivity index (χ1v) is 23.1. The van der Waals surface area contributed by atoms with E-state index in [-0.39, 0.29) is 31.9 Å². The third kappa shape index (κ3) is 13.1. The van der Waals surface area contributed by atoms with Crippen LogP contribution in [0, 0.1) is 5.92 Å². The highest BCUT2D eigenvalue weighted by molar-refractivity contribution is 5.99. The van der Waals surface area contributed by atoms with Crippen molar-refractivity contribution in [2.45, 2.75) is 154 Å². The number of benzene rings is 2. The van der Waals surface area contributed by atoms with Gasteiger partial charge < -0.3 is 39.7 Å². The topological polar surface area (TPSA) is 175 Å². The van der Waals surface area contributed by atoms with E-state index in [0.29, 0.717) is 58.0 Å². The minimum absolute atomic E-state index is 0.0223. The summed E-state index contributed by atoms with van der Waals surface area (Å²) in [5, 5.41) is 5.86. The second kappa shape index (κ2) is 22.4. The number of carbonyl (C=O) groups is 7. The molecule has 0 aromatic heterocycles. The van der Waals surface area contributed by atoms with Gasteiger partial charge in [0.2, 0.25) is 29.5 Å². The van der Waals surface area contributed by atoms with Crippen molar-refractivity contribution in [1.82, 2.24) is 30.2 Å². The van der Waals surface area contributed by atoms with E-state index in [0.717, 1.165) is 30.4 Å². The summed E-state index contributed by atoms with van der Waals surface area (Å²) in [6.07, 6.45) is 5.20. The lowest BCUT2D eigenvalue weighted by molar-refractivity contribution is -0.162. The molecule has 0 radical (unpaired) electrons. The molecule has 0 unspecified atom stereocenters. The summed E-state index contributed by atoms with van der Waals surface area (Å²) in [6.45, 7) is 10.2. The summed E-state index contributed by atoms with van der Waals surface area (Å²) in [7, 11) is 3.04. The van der Waals surface area contributed by atoms with Crippen LogP contribution in [0.15, 0.2) is 60.7 Å². The Bertz CT molecular complexity index is 1920. The molecule has 3 aliphatic rings. The number of aryl methyl sites for hydroxylation is 1. The van der Waals surface area contributed by atoms with Gasteiger partial charge >= 0.3 is 12.1 Å². The highest BCUT2D eigenvalue weighted by Crippen LogP contribution is 2.34. The number of likely N-dealkylation sites (tertiary alicyclic amines) is 2. The molecule has 1 saturated carbocycles. The fourth-order valence-corrected chi connectivity index (χ4v) is 9.29. The van der Waals surface area contributed by atoms with E-state index in [1.807, 2.05) is 74.5 Å². The second-order valence-electron chi connectivity index (χ2n) is 19.0. The predicted molar refractivity (Wildman–Crippen MR) is 241 cm³/mol. The molecule has 2 aliphatic heterocycles. The van der Waals surface area contributed by atoms with Crippen molar-refractivity contribution < 1.29 is 43.0 Å². The number of amides is 6. The van der Waals surface area contributed by atoms with Gasteiger partial charge in [-0.25, -0.2) is 4.79 Å². The Hall–Kier alpha value is -5.47. The molecule has 15 nitrogen and oxygen atoms in total. The lowest BCUT2D eigenvalue weighted by Crippen LogP contribution is -2.65. The van der Waals surface area contributed by atoms with Gasteiger partial charge in [-0.3, -0.25) is 28.8 Å². The summed E-state index contributed by atoms with van der Waals surface area (Å²) in [5.41, 5.74) is -0.367. The third-order valence-corrected chi connectivity index (χ3v) is 12.6. The van der Waals surface area contributed by atoms with Gasteiger partial charge in [0.1, 0.15) is 41.9 Å². The third-order valence-electron chi connectivity index (χ3n) is 12.6. The molecule has 15 heteroatoms. The van der Waals surface area contributed by atoms with Crippen LogP contribution >= 0.6 is 0 Å². The number of hydrogen-bond acceptors (Lipinski definition) is 9. The number of ether oxygens (including phenoxy) is 2. The number of carbonyl (C=O) groups excluding carboxylic acids is 7. The first-order chi connectivity index (χ1) is 30.4. The molecule has 64 heavy (non-hydrogen) atoms. The van der Waals surface area contributed by atoms with Gasteiger partial charge in [0.15, 0.2) is 0 Å². The monoisotopic (exact) mass is 887 g/mol. The summed E-state index contributed by atoms with van der Waals surface area (Å²) < 4.78 is 11.1. The first-order valence-electron chi connectivity index (χ1n) is 23.1. The van der Waals surface area contributed by atoms with E-state index < -0.39 is 76.9 Å². The van der Waals surface area contributed by atoms with Crippen LogP contribution in [0.4, 0.5) is 4.79 Å². The van der Waals surface area contributed by atoms with Crippen LogP contribution in [0.5, 0.6) is 0 Å². The molecule has 350 valence electrons. The van der Waals surface area contributed by atoms with Crippen LogP contribution in [0.2, 0.25) is 0 Å². The molecule has 2 N–H and O–H groups in total. The van der Waals surface area contributed by atoms with E-state index in [2.05, 4.69) is 10.6 Å². The number of esters is 1. The molecular formula is C49H70N6O9. The number of likely N-dealkylation sites (N-methyl/N-ethyl adjacent to an activating group) is 2. The maximum atomic E-state index is 14.9. The summed E-state index contributed by atoms with van der Waals surface area (Å²) in [5.74, 6) is -3.19. The predicted octanol–water partition coefficient (Wildman–Crippen LogP) is 5.39. The Labute approximate surface area is 378 Å². The van der Waals surface area contributed by atoms with Crippen molar-refractivity contribution in [1.29, 1.82) is 0 Å². The normalized spacial score (nSPS) is 18.7. The molecule has 2 aromatic rings. The van der Waals surface area contributed by atoms with Crippen LogP contribution in [-0.2, 0) is 51.3 Å². The number of piperidine rings is 1. The molecule has 2 heterocycles. The zero-order chi connectivity index (χ0) is 46.6. The molecule has 0 spiro atoms. The fraction of sp³-hybridized carbons (Fsp3) is 0.612. The smallest absolute Gasteiger partial charge is 0.408 e. The van der Waals surface area contributed by atoms with E-state index in [1.165, 1.54) is 21.7 Å². The molecular weight excluding hydrogens is 817 g/mol. The van der Waals surface area contributed by atoms with Crippen molar-refractivity contribution >= 4 is 41.6 Å². The van der Waals surface area contributed by atoms with Crippen molar-refractivity contribution in [3.63, 3.8) is 0 Å². The molecule has 2 saturated heterocycles. The van der Waals surface area contributed by atoms with Gasteiger partial charge in [-0.05, 0) is 95.6 Å². The number of nitrogens with zero attached hydrogens (tertiary/aromatic N) is 4. The van der Waals surface area contributed by atoms with Crippen LogP contribution in [-0.4, -0.2) is 130 Å². The minimum Gasteiger partial charge on any atom is -0.460 e. The average molecular weight is 887 g/mol. The number of hydrogen-bond donors (Lipinski definition) is 2. The number of alkyl carbamates (subject to hydrolysis) is 1. The Balaban J connectivity index is 1.32. The SMILES string of the molecule is CC(C)[C@@H](C(=O)N(C)[C@@H](CC(=O)OC(C)(C)C)C(=O)N1CCCCC1)N(C)C(=O)C1(NC(=O)[C@@H]2CCCN2C(=O)[C@H](CCc2ccccc2)NC(=O)OCc2ccccc2)CCCC1. The number of rotatable bonds is 17. The lowest BCUT2D eigenvalue weighted by Gasteiger charge is -2.41. The molecule has 0 bridgehead atoms. The van der Waals surface area contributed by atoms with E-state index in [1.54, 1.807) is 32.7 Å². The maximum Gasteiger partial charge on any atom is 0.408 e. The molecule has 5 rings (SSSR count). The molecule has 2 aromatic carbocycles. The molecule has 4 atom stereocenters. The second-order valence-corrected chi connectivity index (χ2v) is 19.0. The van der Waals surface area contributed by atoms with Crippen LogP contribution in [0.3, 0.4) is 0 Å². The minimum atomic E-state index is -1.35. The van der Waals surface area contributed by atoms with Gasteiger partial charge in [0.05, 0.1) is 6.42 Å². The van der Waals surface area contributed by atoms with E-state index in [4.69, 9.17) is 9.47 Å². The van der Waals surface area contributed by atoms with Crippen molar-refractivity contribution in [2.24, 2.45) is 5.92 Å². The maximum absolute atomic E-state index is 14.9.